The first kappa shape index (κ1) is 44.6. The third kappa shape index (κ3) is 9.34. The molecule has 16 heteroatoms. The highest BCUT2D eigenvalue weighted by Crippen LogP contribution is 2.37. The zero-order valence-corrected chi connectivity index (χ0v) is 35.9. The Balaban J connectivity index is 1.35. The van der Waals surface area contributed by atoms with Crippen LogP contribution in [-0.2, 0) is 32.1 Å². The van der Waals surface area contributed by atoms with Crippen LogP contribution in [0.4, 0.5) is 13.2 Å². The number of rotatable bonds is 15. The van der Waals surface area contributed by atoms with Crippen molar-refractivity contribution < 1.29 is 32.3 Å². The second-order valence-electron chi connectivity index (χ2n) is 17.5. The number of aromatic nitrogens is 3. The number of imidazole rings is 1. The number of benzene rings is 2. The van der Waals surface area contributed by atoms with Crippen LogP contribution >= 0.6 is 0 Å². The Bertz CT molecular complexity index is 2220. The fraction of sp³-hybridized carbons (Fsp3) is 0.568. The number of nitrogens with zero attached hydrogens (tertiary/aromatic N) is 4. The fourth-order valence-electron chi connectivity index (χ4n) is 8.59. The van der Waals surface area contributed by atoms with E-state index in [-0.39, 0.29) is 49.2 Å². The lowest BCUT2D eigenvalue weighted by atomic mass is 9.85. The molecule has 4 aromatic rings. The Kier molecular flexibility index (Phi) is 13.6. The van der Waals surface area contributed by atoms with Gasteiger partial charge in [-0.2, -0.15) is 0 Å². The summed E-state index contributed by atoms with van der Waals surface area (Å²) >= 11 is 0. The Morgan fingerprint density at radius 2 is 1.58 bits per heavy atom. The minimum Gasteiger partial charge on any atom is -0.352 e. The smallest absolute Gasteiger partial charge is 0.246 e. The van der Waals surface area contributed by atoms with Crippen molar-refractivity contribution in [2.45, 2.75) is 129 Å². The molecule has 0 spiro atoms. The van der Waals surface area contributed by atoms with Gasteiger partial charge in [0.2, 0.25) is 23.6 Å². The first-order valence-corrected chi connectivity index (χ1v) is 21.1. The first-order valence-electron chi connectivity index (χ1n) is 21.1. The molecule has 2 aliphatic heterocycles. The molecule has 2 saturated heterocycles. The molecule has 4 heterocycles. The van der Waals surface area contributed by atoms with Gasteiger partial charge in [-0.25, -0.2) is 18.2 Å². The number of hydrogen-bond donors (Lipinski definition) is 5. The van der Waals surface area contributed by atoms with Crippen LogP contribution in [0.15, 0.2) is 36.4 Å². The molecule has 0 radical (unpaired) electrons. The SMILES string of the molecule is CC[C@H](NC(=O)[C@H](C)NC)C(=O)N1CCC[C@H]1Cc1c(-c2nc3cc(F)ccc3n2CC[C@@H]2C[C@H](F)CN2C(=O)[C@@H](NC(=O)[C@H](C)NC)C(C)(C)C)[nH]c2cc(F)ccc12. The van der Waals surface area contributed by atoms with Gasteiger partial charge in [0.1, 0.15) is 29.9 Å². The molecule has 0 unspecified atom stereocenters. The number of H-pyrrole nitrogens is 1. The average molecular weight is 836 g/mol. The van der Waals surface area contributed by atoms with E-state index in [0.29, 0.717) is 60.3 Å². The number of alkyl halides is 1. The third-order valence-electron chi connectivity index (χ3n) is 12.3. The van der Waals surface area contributed by atoms with E-state index in [2.05, 4.69) is 26.3 Å². The van der Waals surface area contributed by atoms with Crippen LogP contribution in [-0.4, -0.2) is 118 Å². The average Bonchev–Trinajstić information content (AvgIpc) is 4.00. The van der Waals surface area contributed by atoms with Crippen LogP contribution in [0.5, 0.6) is 0 Å². The predicted molar refractivity (Wildman–Crippen MR) is 226 cm³/mol. The number of carbonyl (C=O) groups is 4. The molecule has 6 rings (SSSR count). The summed E-state index contributed by atoms with van der Waals surface area (Å²) < 4.78 is 46.8. The van der Waals surface area contributed by atoms with E-state index in [1.807, 2.05) is 37.2 Å². The molecule has 0 aliphatic carbocycles. The molecule has 4 amide bonds. The van der Waals surface area contributed by atoms with Gasteiger partial charge in [0.05, 0.1) is 35.4 Å². The molecule has 60 heavy (non-hydrogen) atoms. The van der Waals surface area contributed by atoms with Gasteiger partial charge in [0, 0.05) is 48.6 Å². The second kappa shape index (κ2) is 18.3. The molecule has 326 valence electrons. The Hall–Kier alpha value is -4.96. The van der Waals surface area contributed by atoms with E-state index in [1.54, 1.807) is 40.1 Å². The third-order valence-corrected chi connectivity index (χ3v) is 12.3. The lowest BCUT2D eigenvalue weighted by Gasteiger charge is -2.36. The predicted octanol–water partition coefficient (Wildman–Crippen LogP) is 4.97. The summed E-state index contributed by atoms with van der Waals surface area (Å²) in [5.74, 6) is -1.60. The van der Waals surface area contributed by atoms with Crippen molar-refractivity contribution in [3.05, 3.63) is 53.6 Å². The Morgan fingerprint density at radius 3 is 2.25 bits per heavy atom. The highest BCUT2D eigenvalue weighted by atomic mass is 19.1. The minimum absolute atomic E-state index is 0.107. The molecule has 0 saturated carbocycles. The number of likely N-dealkylation sites (tertiary alicyclic amines) is 2. The van der Waals surface area contributed by atoms with E-state index < -0.39 is 53.4 Å². The number of carbonyl (C=O) groups excluding carboxylic acids is 4. The van der Waals surface area contributed by atoms with Gasteiger partial charge >= 0.3 is 0 Å². The monoisotopic (exact) mass is 835 g/mol. The number of amides is 4. The molecule has 2 aromatic heterocycles. The summed E-state index contributed by atoms with van der Waals surface area (Å²) in [5, 5.41) is 12.3. The number of fused-ring (bicyclic) bond motifs is 2. The van der Waals surface area contributed by atoms with Crippen molar-refractivity contribution in [1.82, 2.24) is 45.6 Å². The van der Waals surface area contributed by atoms with Crippen LogP contribution in [0.2, 0.25) is 0 Å². The van der Waals surface area contributed by atoms with Gasteiger partial charge in [-0.15, -0.1) is 0 Å². The molecule has 5 N–H and O–H groups in total. The normalized spacial score (nSPS) is 20.4. The molecule has 2 aliphatic rings. The summed E-state index contributed by atoms with van der Waals surface area (Å²) in [4.78, 5) is 65.7. The van der Waals surface area contributed by atoms with Crippen molar-refractivity contribution in [2.24, 2.45) is 5.41 Å². The van der Waals surface area contributed by atoms with Gasteiger partial charge in [-0.1, -0.05) is 27.7 Å². The minimum atomic E-state index is -1.26. The topological polar surface area (TPSA) is 156 Å². The van der Waals surface area contributed by atoms with Crippen LogP contribution in [0, 0.1) is 17.0 Å². The van der Waals surface area contributed by atoms with Gasteiger partial charge in [-0.3, -0.25) is 19.2 Å². The van der Waals surface area contributed by atoms with Gasteiger partial charge < -0.3 is 40.6 Å². The lowest BCUT2D eigenvalue weighted by molar-refractivity contribution is -0.140. The number of nitrogens with one attached hydrogen (secondary N) is 5. The van der Waals surface area contributed by atoms with Crippen molar-refractivity contribution in [2.75, 3.05) is 27.2 Å². The van der Waals surface area contributed by atoms with E-state index >= 15 is 4.39 Å². The number of hydrogen-bond acceptors (Lipinski definition) is 7. The summed E-state index contributed by atoms with van der Waals surface area (Å²) in [6.07, 6.45) is 1.44. The standard InChI is InChI=1S/C44H60F3N9O4/c1-9-33(52-40(57)24(2)48-7)42(59)54-17-10-11-29(54)22-32-31-14-12-26(45)20-34(31)50-37(32)39-51-35-21-27(46)13-15-36(35)55(39)18-16-30-19-28(47)23-56(30)43(60)38(44(4,5)6)53-41(58)25(3)49-8/h12-15,20-21,24-25,28-30,33,38,48-50H,9-11,16-19,22-23H2,1-8H3,(H,52,57)(H,53,58)/t24-,25-,28-,29-,30+,33-,38+/m0/s1. The summed E-state index contributed by atoms with van der Waals surface area (Å²) in [6, 6.07) is 5.44. The maximum absolute atomic E-state index is 15.3. The van der Waals surface area contributed by atoms with Gasteiger partial charge in [0.15, 0.2) is 5.82 Å². The van der Waals surface area contributed by atoms with Crippen LogP contribution < -0.4 is 21.3 Å². The van der Waals surface area contributed by atoms with E-state index in [0.717, 1.165) is 17.4 Å². The Labute approximate surface area is 349 Å². The number of aromatic amines is 1. The van der Waals surface area contributed by atoms with Crippen molar-refractivity contribution >= 4 is 45.6 Å². The van der Waals surface area contributed by atoms with Gasteiger partial charge in [0.25, 0.3) is 0 Å². The van der Waals surface area contributed by atoms with Crippen LogP contribution in [0.3, 0.4) is 0 Å². The van der Waals surface area contributed by atoms with E-state index in [9.17, 15) is 28.0 Å². The quantitative estimate of drug-likeness (QED) is 0.113. The fourth-order valence-corrected chi connectivity index (χ4v) is 8.59. The maximum Gasteiger partial charge on any atom is 0.246 e. The molecule has 2 aromatic carbocycles. The molecule has 2 fully saturated rings. The van der Waals surface area contributed by atoms with Gasteiger partial charge in [-0.05, 0) is 101 Å². The van der Waals surface area contributed by atoms with Crippen molar-refractivity contribution in [1.29, 1.82) is 0 Å². The molecule has 7 atom stereocenters. The summed E-state index contributed by atoms with van der Waals surface area (Å²) in [5.41, 5.74) is 2.23. The number of halogens is 3. The van der Waals surface area contributed by atoms with E-state index in [4.69, 9.17) is 4.98 Å². The highest BCUT2D eigenvalue weighted by Gasteiger charge is 2.43. The van der Waals surface area contributed by atoms with Crippen molar-refractivity contribution in [3.63, 3.8) is 0 Å². The zero-order valence-electron chi connectivity index (χ0n) is 35.9. The molecule has 13 nitrogen and oxygen atoms in total. The molecule has 0 bridgehead atoms. The number of aryl methyl sites for hydroxylation is 1. The zero-order chi connectivity index (χ0) is 43.6. The summed E-state index contributed by atoms with van der Waals surface area (Å²) in [7, 11) is 3.34. The second-order valence-corrected chi connectivity index (χ2v) is 17.5. The van der Waals surface area contributed by atoms with Crippen LogP contribution in [0.25, 0.3) is 33.5 Å². The summed E-state index contributed by atoms with van der Waals surface area (Å²) in [6.45, 7) is 11.5. The maximum atomic E-state index is 15.3. The van der Waals surface area contributed by atoms with E-state index in [1.165, 1.54) is 29.2 Å². The number of likely N-dealkylation sites (N-methyl/N-ethyl adjacent to an activating group) is 2. The Morgan fingerprint density at radius 1 is 0.917 bits per heavy atom. The highest BCUT2D eigenvalue weighted by molar-refractivity contribution is 5.93. The molecular formula is C44H60F3N9O4. The van der Waals surface area contributed by atoms with Crippen molar-refractivity contribution in [3.8, 4) is 11.5 Å². The molecular weight excluding hydrogens is 776 g/mol. The first-order chi connectivity index (χ1) is 28.4. The lowest BCUT2D eigenvalue weighted by Crippen LogP contribution is -2.58. The largest absolute Gasteiger partial charge is 0.352 e. The van der Waals surface area contributed by atoms with Crippen LogP contribution in [0.1, 0.15) is 79.2 Å².